The van der Waals surface area contributed by atoms with Crippen LogP contribution in [-0.2, 0) is 0 Å². The number of pyridine rings is 1. The lowest BCUT2D eigenvalue weighted by Gasteiger charge is -2.32. The maximum atomic E-state index is 13.2. The fourth-order valence-electron chi connectivity index (χ4n) is 4.45. The standard InChI is InChI=1S/C26H26N6O/c1-16-17(2)30-24-14-21(4-5-23(24)29-16)26(33)32-12-8-20(9-13-32)25-22(15-28-18(3)31-25)19-6-10-27-11-7-19/h4-7,10-11,14-15,20H,8-9,12-13H2,1-3H3. The Balaban J connectivity index is 1.35. The molecule has 5 rings (SSSR count). The van der Waals surface area contributed by atoms with Crippen LogP contribution in [0.3, 0.4) is 0 Å². The number of likely N-dealkylation sites (tertiary alicyclic amines) is 1. The van der Waals surface area contributed by atoms with Crippen LogP contribution in [0.4, 0.5) is 0 Å². The fraction of sp³-hybridized carbons (Fsp3) is 0.308. The summed E-state index contributed by atoms with van der Waals surface area (Å²) in [7, 11) is 0. The monoisotopic (exact) mass is 438 g/mol. The molecule has 4 heterocycles. The van der Waals surface area contributed by atoms with Gasteiger partial charge in [0.05, 0.1) is 28.1 Å². The third-order valence-electron chi connectivity index (χ3n) is 6.42. The minimum Gasteiger partial charge on any atom is -0.339 e. The Morgan fingerprint density at radius 3 is 2.33 bits per heavy atom. The first kappa shape index (κ1) is 21.1. The molecule has 1 fully saturated rings. The molecule has 7 heteroatoms. The molecule has 0 unspecified atom stereocenters. The molecule has 3 aromatic heterocycles. The molecule has 0 bridgehead atoms. The fourth-order valence-corrected chi connectivity index (χ4v) is 4.45. The van der Waals surface area contributed by atoms with E-state index in [-0.39, 0.29) is 11.8 Å². The molecule has 1 amide bonds. The number of carbonyl (C=O) groups is 1. The zero-order chi connectivity index (χ0) is 22.9. The van der Waals surface area contributed by atoms with E-state index in [1.54, 1.807) is 12.4 Å². The average molecular weight is 439 g/mol. The third-order valence-corrected chi connectivity index (χ3v) is 6.42. The van der Waals surface area contributed by atoms with Gasteiger partial charge in [-0.1, -0.05) is 0 Å². The van der Waals surface area contributed by atoms with E-state index in [0.29, 0.717) is 18.7 Å². The molecule has 33 heavy (non-hydrogen) atoms. The van der Waals surface area contributed by atoms with E-state index >= 15 is 0 Å². The molecule has 1 saturated heterocycles. The Morgan fingerprint density at radius 1 is 0.909 bits per heavy atom. The second kappa shape index (κ2) is 8.65. The van der Waals surface area contributed by atoms with Crippen molar-refractivity contribution in [2.24, 2.45) is 0 Å². The van der Waals surface area contributed by atoms with Crippen LogP contribution in [0.25, 0.3) is 22.2 Å². The van der Waals surface area contributed by atoms with Crippen LogP contribution >= 0.6 is 0 Å². The first-order valence-electron chi connectivity index (χ1n) is 11.3. The molecule has 0 spiro atoms. The number of fused-ring (bicyclic) bond motifs is 1. The third kappa shape index (κ3) is 4.18. The second-order valence-corrected chi connectivity index (χ2v) is 8.62. The number of benzene rings is 1. The van der Waals surface area contributed by atoms with Gasteiger partial charge in [0, 0.05) is 48.7 Å². The zero-order valence-electron chi connectivity index (χ0n) is 19.1. The average Bonchev–Trinajstić information content (AvgIpc) is 2.84. The van der Waals surface area contributed by atoms with Gasteiger partial charge in [-0.2, -0.15) is 0 Å². The largest absolute Gasteiger partial charge is 0.339 e. The van der Waals surface area contributed by atoms with Crippen molar-refractivity contribution in [3.05, 3.63) is 77.4 Å². The summed E-state index contributed by atoms with van der Waals surface area (Å²) in [6.45, 7) is 7.20. The molecule has 4 aromatic rings. The molecule has 0 atom stereocenters. The number of hydrogen-bond acceptors (Lipinski definition) is 6. The van der Waals surface area contributed by atoms with Gasteiger partial charge in [0.25, 0.3) is 5.91 Å². The Hall–Kier alpha value is -3.74. The molecule has 166 valence electrons. The van der Waals surface area contributed by atoms with Crippen molar-refractivity contribution in [1.29, 1.82) is 0 Å². The summed E-state index contributed by atoms with van der Waals surface area (Å²) in [5.41, 5.74) is 7.22. The highest BCUT2D eigenvalue weighted by Crippen LogP contribution is 2.34. The van der Waals surface area contributed by atoms with Crippen molar-refractivity contribution in [3.8, 4) is 11.1 Å². The molecule has 0 saturated carbocycles. The Morgan fingerprint density at radius 2 is 1.61 bits per heavy atom. The number of aromatic nitrogens is 5. The second-order valence-electron chi connectivity index (χ2n) is 8.62. The van der Waals surface area contributed by atoms with Crippen molar-refractivity contribution >= 4 is 16.9 Å². The normalized spacial score (nSPS) is 14.6. The van der Waals surface area contributed by atoms with Gasteiger partial charge in [-0.25, -0.2) is 19.9 Å². The Bertz CT molecular complexity index is 1330. The number of rotatable bonds is 3. The lowest BCUT2D eigenvalue weighted by Crippen LogP contribution is -2.38. The van der Waals surface area contributed by atoms with Gasteiger partial charge in [0.15, 0.2) is 0 Å². The quantitative estimate of drug-likeness (QED) is 0.471. The maximum Gasteiger partial charge on any atom is 0.253 e. The SMILES string of the molecule is Cc1ncc(-c2ccncc2)c(C2CCN(C(=O)c3ccc4nc(C)c(C)nc4c3)CC2)n1. The molecule has 7 nitrogen and oxygen atoms in total. The smallest absolute Gasteiger partial charge is 0.253 e. The van der Waals surface area contributed by atoms with Gasteiger partial charge in [-0.15, -0.1) is 0 Å². The van der Waals surface area contributed by atoms with Gasteiger partial charge < -0.3 is 4.90 Å². The molecule has 0 aliphatic carbocycles. The van der Waals surface area contributed by atoms with E-state index in [9.17, 15) is 4.79 Å². The van der Waals surface area contributed by atoms with Crippen molar-refractivity contribution in [2.75, 3.05) is 13.1 Å². The topological polar surface area (TPSA) is 84.8 Å². The predicted molar refractivity (Wildman–Crippen MR) is 127 cm³/mol. The molecular weight excluding hydrogens is 412 g/mol. The van der Waals surface area contributed by atoms with Crippen LogP contribution in [0.1, 0.15) is 52.0 Å². The molecule has 1 aromatic carbocycles. The van der Waals surface area contributed by atoms with Crippen LogP contribution < -0.4 is 0 Å². The maximum absolute atomic E-state index is 13.2. The molecule has 0 N–H and O–H groups in total. The van der Waals surface area contributed by atoms with Gasteiger partial charge in [-0.05, 0) is 69.5 Å². The van der Waals surface area contributed by atoms with E-state index in [0.717, 1.165) is 57.9 Å². The van der Waals surface area contributed by atoms with Gasteiger partial charge >= 0.3 is 0 Å². The van der Waals surface area contributed by atoms with Gasteiger partial charge in [0.2, 0.25) is 0 Å². The van der Waals surface area contributed by atoms with E-state index in [4.69, 9.17) is 4.98 Å². The number of hydrogen-bond donors (Lipinski definition) is 0. The summed E-state index contributed by atoms with van der Waals surface area (Å²) >= 11 is 0. The van der Waals surface area contributed by atoms with Gasteiger partial charge in [0.1, 0.15) is 5.82 Å². The number of amides is 1. The van der Waals surface area contributed by atoms with E-state index in [2.05, 4.69) is 19.9 Å². The van der Waals surface area contributed by atoms with Crippen LogP contribution in [-0.4, -0.2) is 48.8 Å². The highest BCUT2D eigenvalue weighted by Gasteiger charge is 2.27. The van der Waals surface area contributed by atoms with Crippen LogP contribution in [0.15, 0.2) is 48.9 Å². The lowest BCUT2D eigenvalue weighted by molar-refractivity contribution is 0.0712. The molecule has 1 aliphatic rings. The molecule has 0 radical (unpaired) electrons. The minimum absolute atomic E-state index is 0.0450. The van der Waals surface area contributed by atoms with E-state index in [1.807, 2.05) is 62.2 Å². The zero-order valence-corrected chi connectivity index (χ0v) is 19.1. The summed E-state index contributed by atoms with van der Waals surface area (Å²) in [5, 5.41) is 0. The Labute approximate surface area is 193 Å². The van der Waals surface area contributed by atoms with Crippen molar-refractivity contribution in [1.82, 2.24) is 29.8 Å². The van der Waals surface area contributed by atoms with E-state index in [1.165, 1.54) is 0 Å². The summed E-state index contributed by atoms with van der Waals surface area (Å²) in [6.07, 6.45) is 7.22. The van der Waals surface area contributed by atoms with Crippen LogP contribution in [0.2, 0.25) is 0 Å². The summed E-state index contributed by atoms with van der Waals surface area (Å²) < 4.78 is 0. The lowest BCUT2D eigenvalue weighted by atomic mass is 9.89. The molecular formula is C26H26N6O. The van der Waals surface area contributed by atoms with Crippen LogP contribution in [0.5, 0.6) is 0 Å². The summed E-state index contributed by atoms with van der Waals surface area (Å²) in [4.78, 5) is 37.7. The van der Waals surface area contributed by atoms with Crippen LogP contribution in [0, 0.1) is 20.8 Å². The first-order chi connectivity index (χ1) is 16.0. The van der Waals surface area contributed by atoms with Crippen molar-refractivity contribution in [2.45, 2.75) is 39.5 Å². The first-order valence-corrected chi connectivity index (χ1v) is 11.3. The van der Waals surface area contributed by atoms with E-state index < -0.39 is 0 Å². The number of aryl methyl sites for hydroxylation is 3. The number of piperidine rings is 1. The summed E-state index contributed by atoms with van der Waals surface area (Å²) in [6, 6.07) is 9.58. The summed E-state index contributed by atoms with van der Waals surface area (Å²) in [5.74, 6) is 1.10. The highest BCUT2D eigenvalue weighted by molar-refractivity contribution is 5.97. The Kier molecular flexibility index (Phi) is 5.54. The minimum atomic E-state index is 0.0450. The van der Waals surface area contributed by atoms with Crippen molar-refractivity contribution < 1.29 is 4.79 Å². The number of nitrogens with zero attached hydrogens (tertiary/aromatic N) is 6. The number of carbonyl (C=O) groups excluding carboxylic acids is 1. The van der Waals surface area contributed by atoms with Crippen molar-refractivity contribution in [3.63, 3.8) is 0 Å². The van der Waals surface area contributed by atoms with Gasteiger partial charge in [-0.3, -0.25) is 9.78 Å². The molecule has 1 aliphatic heterocycles. The highest BCUT2D eigenvalue weighted by atomic mass is 16.2. The predicted octanol–water partition coefficient (Wildman–Crippen LogP) is 4.43.